The van der Waals surface area contributed by atoms with Crippen LogP contribution in [0.25, 0.3) is 11.1 Å². The molecule has 0 aromatic heterocycles. The van der Waals surface area contributed by atoms with Crippen molar-refractivity contribution in [2.24, 2.45) is 11.3 Å². The molecule has 1 amide bonds. The number of aromatic carboxylic acids is 1. The molecule has 0 bridgehead atoms. The van der Waals surface area contributed by atoms with Gasteiger partial charge in [-0.25, -0.2) is 4.79 Å². The summed E-state index contributed by atoms with van der Waals surface area (Å²) in [6, 6.07) is 14.0. The predicted molar refractivity (Wildman–Crippen MR) is 95.6 cm³/mol. The van der Waals surface area contributed by atoms with E-state index in [-0.39, 0.29) is 11.5 Å². The SMILES string of the molecule is O=C(O)c1ccccc1-c1ccccc1C(=O)NCC1(C2CC2)CC1. The third-order valence-corrected chi connectivity index (χ3v) is 5.56. The average molecular weight is 335 g/mol. The van der Waals surface area contributed by atoms with Gasteiger partial charge in [0.2, 0.25) is 0 Å². The molecule has 4 heteroatoms. The molecule has 0 spiro atoms. The summed E-state index contributed by atoms with van der Waals surface area (Å²) >= 11 is 0. The number of carboxylic acid groups (broad SMARTS) is 1. The van der Waals surface area contributed by atoms with E-state index < -0.39 is 5.97 Å². The molecular weight excluding hydrogens is 314 g/mol. The van der Waals surface area contributed by atoms with Crippen LogP contribution in [0.3, 0.4) is 0 Å². The number of hydrogen-bond acceptors (Lipinski definition) is 2. The van der Waals surface area contributed by atoms with Crippen LogP contribution in [0.5, 0.6) is 0 Å². The molecule has 2 fully saturated rings. The fourth-order valence-electron chi connectivity index (χ4n) is 3.76. The molecule has 0 atom stereocenters. The van der Waals surface area contributed by atoms with E-state index in [1.54, 1.807) is 30.3 Å². The Labute approximate surface area is 146 Å². The van der Waals surface area contributed by atoms with Crippen molar-refractivity contribution in [2.45, 2.75) is 25.7 Å². The number of rotatable bonds is 6. The van der Waals surface area contributed by atoms with Gasteiger partial charge in [-0.05, 0) is 60.3 Å². The van der Waals surface area contributed by atoms with Crippen LogP contribution in [0.1, 0.15) is 46.4 Å². The molecule has 2 saturated carbocycles. The van der Waals surface area contributed by atoms with Crippen molar-refractivity contribution in [2.75, 3.05) is 6.54 Å². The molecule has 2 aliphatic rings. The van der Waals surface area contributed by atoms with E-state index in [1.807, 2.05) is 18.2 Å². The summed E-state index contributed by atoms with van der Waals surface area (Å²) in [4.78, 5) is 24.3. The van der Waals surface area contributed by atoms with Crippen molar-refractivity contribution in [3.05, 3.63) is 59.7 Å². The Morgan fingerprint density at radius 3 is 2.08 bits per heavy atom. The maximum absolute atomic E-state index is 12.8. The number of amides is 1. The van der Waals surface area contributed by atoms with Gasteiger partial charge >= 0.3 is 5.97 Å². The Balaban J connectivity index is 1.61. The van der Waals surface area contributed by atoms with Crippen LogP contribution >= 0.6 is 0 Å². The zero-order valence-corrected chi connectivity index (χ0v) is 14.0. The first-order valence-electron chi connectivity index (χ1n) is 8.81. The van der Waals surface area contributed by atoms with Gasteiger partial charge in [-0.3, -0.25) is 4.79 Å². The van der Waals surface area contributed by atoms with Crippen molar-refractivity contribution >= 4 is 11.9 Å². The van der Waals surface area contributed by atoms with E-state index in [0.29, 0.717) is 22.1 Å². The van der Waals surface area contributed by atoms with E-state index in [1.165, 1.54) is 25.7 Å². The molecule has 2 aromatic carbocycles. The highest BCUT2D eigenvalue weighted by atomic mass is 16.4. The minimum atomic E-state index is -0.989. The minimum Gasteiger partial charge on any atom is -0.478 e. The molecule has 25 heavy (non-hydrogen) atoms. The van der Waals surface area contributed by atoms with E-state index in [2.05, 4.69) is 5.32 Å². The highest BCUT2D eigenvalue weighted by Crippen LogP contribution is 2.60. The van der Waals surface area contributed by atoms with Crippen molar-refractivity contribution in [3.63, 3.8) is 0 Å². The molecule has 2 aromatic rings. The topological polar surface area (TPSA) is 66.4 Å². The van der Waals surface area contributed by atoms with Crippen molar-refractivity contribution in [1.29, 1.82) is 0 Å². The van der Waals surface area contributed by atoms with Crippen LogP contribution in [0.2, 0.25) is 0 Å². The summed E-state index contributed by atoms with van der Waals surface area (Å²) in [5.41, 5.74) is 2.31. The Kier molecular flexibility index (Phi) is 3.83. The van der Waals surface area contributed by atoms with Gasteiger partial charge in [-0.1, -0.05) is 36.4 Å². The van der Waals surface area contributed by atoms with Gasteiger partial charge < -0.3 is 10.4 Å². The third kappa shape index (κ3) is 3.04. The second-order valence-corrected chi connectivity index (χ2v) is 7.22. The Hall–Kier alpha value is -2.62. The van der Waals surface area contributed by atoms with Crippen LogP contribution in [-0.4, -0.2) is 23.5 Å². The molecule has 0 saturated heterocycles. The molecule has 4 rings (SSSR count). The lowest BCUT2D eigenvalue weighted by Gasteiger charge is -2.17. The molecule has 0 unspecified atom stereocenters. The first kappa shape index (κ1) is 15.9. The van der Waals surface area contributed by atoms with Gasteiger partial charge in [0.05, 0.1) is 5.56 Å². The number of nitrogens with one attached hydrogen (secondary N) is 1. The fraction of sp³-hybridized carbons (Fsp3) is 0.333. The first-order valence-corrected chi connectivity index (χ1v) is 8.81. The summed E-state index contributed by atoms with van der Waals surface area (Å²) in [5.74, 6) is -0.324. The lowest BCUT2D eigenvalue weighted by atomic mass is 9.94. The van der Waals surface area contributed by atoms with Gasteiger partial charge in [-0.2, -0.15) is 0 Å². The molecule has 0 radical (unpaired) electrons. The van der Waals surface area contributed by atoms with E-state index in [4.69, 9.17) is 0 Å². The van der Waals surface area contributed by atoms with Gasteiger partial charge in [0.1, 0.15) is 0 Å². The lowest BCUT2D eigenvalue weighted by Crippen LogP contribution is -2.31. The number of carbonyl (C=O) groups excluding carboxylic acids is 1. The monoisotopic (exact) mass is 335 g/mol. The number of hydrogen-bond donors (Lipinski definition) is 2. The van der Waals surface area contributed by atoms with Crippen molar-refractivity contribution in [3.8, 4) is 11.1 Å². The van der Waals surface area contributed by atoms with Crippen LogP contribution in [0.15, 0.2) is 48.5 Å². The normalized spacial score (nSPS) is 17.8. The Morgan fingerprint density at radius 2 is 1.52 bits per heavy atom. The van der Waals surface area contributed by atoms with Gasteiger partial charge in [-0.15, -0.1) is 0 Å². The van der Waals surface area contributed by atoms with Gasteiger partial charge in [0, 0.05) is 12.1 Å². The van der Waals surface area contributed by atoms with Crippen molar-refractivity contribution < 1.29 is 14.7 Å². The Bertz CT molecular complexity index is 835. The van der Waals surface area contributed by atoms with Crippen molar-refractivity contribution in [1.82, 2.24) is 5.32 Å². The average Bonchev–Trinajstić information content (AvgIpc) is 3.53. The second kappa shape index (κ2) is 6.03. The maximum Gasteiger partial charge on any atom is 0.336 e. The van der Waals surface area contributed by atoms with Crippen LogP contribution in [0.4, 0.5) is 0 Å². The quantitative estimate of drug-likeness (QED) is 0.839. The number of benzene rings is 2. The number of carboxylic acids is 1. The molecule has 0 heterocycles. The highest BCUT2D eigenvalue weighted by molar-refractivity contribution is 6.04. The van der Waals surface area contributed by atoms with Gasteiger partial charge in [0.25, 0.3) is 5.91 Å². The number of carbonyl (C=O) groups is 2. The Morgan fingerprint density at radius 1 is 0.960 bits per heavy atom. The minimum absolute atomic E-state index is 0.122. The van der Waals surface area contributed by atoms with Gasteiger partial charge in [0.15, 0.2) is 0 Å². The molecule has 4 nitrogen and oxygen atoms in total. The summed E-state index contributed by atoms with van der Waals surface area (Å²) in [6.45, 7) is 0.728. The van der Waals surface area contributed by atoms with Crippen LogP contribution < -0.4 is 5.32 Å². The first-order chi connectivity index (χ1) is 12.1. The summed E-state index contributed by atoms with van der Waals surface area (Å²) in [6.07, 6.45) is 5.00. The molecule has 2 N–H and O–H groups in total. The fourth-order valence-corrected chi connectivity index (χ4v) is 3.76. The van der Waals surface area contributed by atoms with E-state index in [9.17, 15) is 14.7 Å². The summed E-state index contributed by atoms with van der Waals surface area (Å²) in [7, 11) is 0. The zero-order valence-electron chi connectivity index (χ0n) is 14.0. The molecular formula is C21H21NO3. The predicted octanol–water partition coefficient (Wildman–Crippen LogP) is 3.97. The standard InChI is InChI=1S/C21H21NO3/c23-19(22-13-21(11-12-21)14-9-10-14)17-7-3-1-5-15(17)16-6-2-4-8-18(16)20(24)25/h1-8,14H,9-13H2,(H,22,23)(H,24,25). The largest absolute Gasteiger partial charge is 0.478 e. The van der Waals surface area contributed by atoms with Crippen LogP contribution in [0, 0.1) is 11.3 Å². The summed E-state index contributed by atoms with van der Waals surface area (Å²) in [5, 5.41) is 12.5. The third-order valence-electron chi connectivity index (χ3n) is 5.56. The molecule has 0 aliphatic heterocycles. The zero-order chi connectivity index (χ0) is 17.4. The maximum atomic E-state index is 12.8. The molecule has 128 valence electrons. The lowest BCUT2D eigenvalue weighted by molar-refractivity contribution is 0.0697. The highest BCUT2D eigenvalue weighted by Gasteiger charge is 2.53. The van der Waals surface area contributed by atoms with E-state index in [0.717, 1.165) is 12.5 Å². The second-order valence-electron chi connectivity index (χ2n) is 7.22. The van der Waals surface area contributed by atoms with E-state index >= 15 is 0 Å². The summed E-state index contributed by atoms with van der Waals surface area (Å²) < 4.78 is 0. The van der Waals surface area contributed by atoms with Crippen LogP contribution in [-0.2, 0) is 0 Å². The smallest absolute Gasteiger partial charge is 0.336 e. The molecule has 2 aliphatic carbocycles.